The number of rotatable bonds is 4. The molecule has 4 nitrogen and oxygen atoms in total. The molecule has 0 spiro atoms. The van der Waals surface area contributed by atoms with Crippen LogP contribution >= 0.6 is 0 Å². The Morgan fingerprint density at radius 2 is 2.15 bits per heavy atom. The highest BCUT2D eigenvalue weighted by Gasteiger charge is 2.11. The van der Waals surface area contributed by atoms with Crippen LogP contribution in [-0.4, -0.2) is 20.1 Å². The summed E-state index contributed by atoms with van der Waals surface area (Å²) in [6.45, 7) is 7.12. The van der Waals surface area contributed by atoms with Gasteiger partial charge in [0.1, 0.15) is 5.69 Å². The lowest BCUT2D eigenvalue weighted by atomic mass is 10.1. The van der Waals surface area contributed by atoms with E-state index in [1.54, 1.807) is 0 Å². The van der Waals surface area contributed by atoms with E-state index in [0.717, 1.165) is 24.4 Å². The maximum atomic E-state index is 9.02. The number of aliphatic hydroxyl groups is 1. The second-order valence-electron chi connectivity index (χ2n) is 3.55. The zero-order valence-electron chi connectivity index (χ0n) is 8.49. The van der Waals surface area contributed by atoms with Crippen LogP contribution in [-0.2, 0) is 19.6 Å². The van der Waals surface area contributed by atoms with Crippen LogP contribution in [0.15, 0.2) is 0 Å². The second kappa shape index (κ2) is 4.37. The van der Waals surface area contributed by atoms with E-state index in [4.69, 9.17) is 5.11 Å². The van der Waals surface area contributed by atoms with E-state index >= 15 is 0 Å². The van der Waals surface area contributed by atoms with E-state index in [9.17, 15) is 0 Å². The van der Waals surface area contributed by atoms with Gasteiger partial charge in [-0.2, -0.15) is 0 Å². The minimum absolute atomic E-state index is 0.0119. The van der Waals surface area contributed by atoms with E-state index in [0.29, 0.717) is 5.92 Å². The van der Waals surface area contributed by atoms with Crippen molar-refractivity contribution in [2.75, 3.05) is 0 Å². The first kappa shape index (κ1) is 10.2. The number of hydrogen-bond acceptors (Lipinski definition) is 3. The summed E-state index contributed by atoms with van der Waals surface area (Å²) in [5.41, 5.74) is 1.79. The van der Waals surface area contributed by atoms with E-state index in [1.165, 1.54) is 0 Å². The second-order valence-corrected chi connectivity index (χ2v) is 3.55. The average Bonchev–Trinajstić information content (AvgIpc) is 2.46. The molecule has 1 rings (SSSR count). The molecule has 0 bridgehead atoms. The fourth-order valence-electron chi connectivity index (χ4n) is 1.36. The first-order valence-electron chi connectivity index (χ1n) is 4.71. The van der Waals surface area contributed by atoms with Gasteiger partial charge >= 0.3 is 0 Å². The lowest BCUT2D eigenvalue weighted by molar-refractivity contribution is 0.275. The Labute approximate surface area is 78.6 Å². The molecular formula is C9H17N3O. The molecule has 0 radical (unpaired) electrons. The summed E-state index contributed by atoms with van der Waals surface area (Å²) in [6, 6.07) is 0. The molecule has 1 aromatic heterocycles. The van der Waals surface area contributed by atoms with Gasteiger partial charge in [-0.15, -0.1) is 5.10 Å². The largest absolute Gasteiger partial charge is 0.390 e. The molecular weight excluding hydrogens is 166 g/mol. The lowest BCUT2D eigenvalue weighted by Gasteiger charge is -2.07. The number of aliphatic hydroxyl groups excluding tert-OH is 1. The third-order valence-corrected chi connectivity index (χ3v) is 1.97. The van der Waals surface area contributed by atoms with E-state index in [-0.39, 0.29) is 6.61 Å². The fraction of sp³-hybridized carbons (Fsp3) is 0.778. The highest BCUT2D eigenvalue weighted by atomic mass is 16.3. The molecule has 0 saturated carbocycles. The summed E-state index contributed by atoms with van der Waals surface area (Å²) in [7, 11) is 0. The Bertz CT molecular complexity index is 246. The Kier molecular flexibility index (Phi) is 3.42. The Balaban J connectivity index is 2.91. The van der Waals surface area contributed by atoms with Gasteiger partial charge in [0.2, 0.25) is 0 Å². The van der Waals surface area contributed by atoms with Crippen molar-refractivity contribution in [3.05, 3.63) is 11.4 Å². The Morgan fingerprint density at radius 1 is 1.46 bits per heavy atom. The standard InChI is InChI=1S/C9H17N3O/c1-4-12-9(5-7(2)3)8(6-13)10-11-12/h7,13H,4-6H2,1-3H3. The number of nitrogens with zero attached hydrogens (tertiary/aromatic N) is 3. The van der Waals surface area contributed by atoms with Gasteiger partial charge in [-0.05, 0) is 19.3 Å². The van der Waals surface area contributed by atoms with Gasteiger partial charge in [-0.1, -0.05) is 19.1 Å². The summed E-state index contributed by atoms with van der Waals surface area (Å²) in [6.07, 6.45) is 0.927. The topological polar surface area (TPSA) is 50.9 Å². The number of aromatic nitrogens is 3. The average molecular weight is 183 g/mol. The van der Waals surface area contributed by atoms with Crippen LogP contribution in [0.4, 0.5) is 0 Å². The fourth-order valence-corrected chi connectivity index (χ4v) is 1.36. The van der Waals surface area contributed by atoms with E-state index in [2.05, 4.69) is 24.2 Å². The van der Waals surface area contributed by atoms with Crippen LogP contribution in [0.5, 0.6) is 0 Å². The maximum Gasteiger partial charge on any atom is 0.111 e. The predicted molar refractivity (Wildman–Crippen MR) is 50.2 cm³/mol. The van der Waals surface area contributed by atoms with E-state index in [1.807, 2.05) is 11.6 Å². The minimum Gasteiger partial charge on any atom is -0.390 e. The summed E-state index contributed by atoms with van der Waals surface area (Å²) < 4.78 is 1.85. The van der Waals surface area contributed by atoms with Gasteiger partial charge in [0, 0.05) is 6.54 Å². The molecule has 0 aliphatic rings. The van der Waals surface area contributed by atoms with Gasteiger partial charge < -0.3 is 5.11 Å². The van der Waals surface area contributed by atoms with Crippen LogP contribution in [0.3, 0.4) is 0 Å². The smallest absolute Gasteiger partial charge is 0.111 e. The molecule has 13 heavy (non-hydrogen) atoms. The van der Waals surface area contributed by atoms with Crippen molar-refractivity contribution in [1.82, 2.24) is 15.0 Å². The molecule has 0 aliphatic heterocycles. The van der Waals surface area contributed by atoms with Crippen molar-refractivity contribution in [3.63, 3.8) is 0 Å². The molecule has 0 saturated heterocycles. The Morgan fingerprint density at radius 3 is 2.62 bits per heavy atom. The van der Waals surface area contributed by atoms with Crippen molar-refractivity contribution in [3.8, 4) is 0 Å². The molecule has 0 aromatic carbocycles. The number of hydrogen-bond donors (Lipinski definition) is 1. The highest BCUT2D eigenvalue weighted by Crippen LogP contribution is 2.11. The summed E-state index contributed by atoms with van der Waals surface area (Å²) >= 11 is 0. The van der Waals surface area contributed by atoms with Crippen LogP contribution in [0, 0.1) is 5.92 Å². The molecule has 0 unspecified atom stereocenters. The molecule has 4 heteroatoms. The van der Waals surface area contributed by atoms with E-state index < -0.39 is 0 Å². The van der Waals surface area contributed by atoms with Crippen LogP contribution < -0.4 is 0 Å². The Hall–Kier alpha value is -0.900. The van der Waals surface area contributed by atoms with Gasteiger partial charge in [0.15, 0.2) is 0 Å². The summed E-state index contributed by atoms with van der Waals surface area (Å²) in [5.74, 6) is 0.564. The van der Waals surface area contributed by atoms with Crippen LogP contribution in [0.25, 0.3) is 0 Å². The molecule has 0 amide bonds. The first-order chi connectivity index (χ1) is 6.19. The van der Waals surface area contributed by atoms with Crippen molar-refractivity contribution in [1.29, 1.82) is 0 Å². The van der Waals surface area contributed by atoms with Gasteiger partial charge in [-0.25, -0.2) is 4.68 Å². The third kappa shape index (κ3) is 2.28. The van der Waals surface area contributed by atoms with Crippen molar-refractivity contribution >= 4 is 0 Å². The minimum atomic E-state index is -0.0119. The zero-order valence-corrected chi connectivity index (χ0v) is 8.49. The lowest BCUT2D eigenvalue weighted by Crippen LogP contribution is -2.07. The molecule has 1 heterocycles. The quantitative estimate of drug-likeness (QED) is 0.757. The third-order valence-electron chi connectivity index (χ3n) is 1.97. The number of aryl methyl sites for hydroxylation is 1. The molecule has 1 N–H and O–H groups in total. The first-order valence-corrected chi connectivity index (χ1v) is 4.71. The van der Waals surface area contributed by atoms with Crippen LogP contribution in [0.1, 0.15) is 32.2 Å². The van der Waals surface area contributed by atoms with Crippen molar-refractivity contribution < 1.29 is 5.11 Å². The molecule has 0 fully saturated rings. The van der Waals surface area contributed by atoms with Gasteiger partial charge in [-0.3, -0.25) is 0 Å². The van der Waals surface area contributed by atoms with Crippen molar-refractivity contribution in [2.24, 2.45) is 5.92 Å². The SMILES string of the molecule is CCn1nnc(CO)c1CC(C)C. The van der Waals surface area contributed by atoms with Gasteiger partial charge in [0.25, 0.3) is 0 Å². The molecule has 1 aromatic rings. The normalized spacial score (nSPS) is 11.2. The molecule has 0 aliphatic carbocycles. The molecule has 74 valence electrons. The van der Waals surface area contributed by atoms with Crippen LogP contribution in [0.2, 0.25) is 0 Å². The highest BCUT2D eigenvalue weighted by molar-refractivity contribution is 5.09. The predicted octanol–water partition coefficient (Wildman–Crippen LogP) is 0.989. The monoisotopic (exact) mass is 183 g/mol. The zero-order chi connectivity index (χ0) is 9.84. The molecule has 0 atom stereocenters. The summed E-state index contributed by atoms with van der Waals surface area (Å²) in [5, 5.41) is 16.9. The summed E-state index contributed by atoms with van der Waals surface area (Å²) in [4.78, 5) is 0. The van der Waals surface area contributed by atoms with Gasteiger partial charge in [0.05, 0.1) is 12.3 Å². The maximum absolute atomic E-state index is 9.02. The van der Waals surface area contributed by atoms with Crippen molar-refractivity contribution in [2.45, 2.75) is 40.3 Å².